The minimum absolute atomic E-state index is 0.0759. The van der Waals surface area contributed by atoms with Crippen LogP contribution in [-0.2, 0) is 29.2 Å². The van der Waals surface area contributed by atoms with Gasteiger partial charge in [0.25, 0.3) is 0 Å². The van der Waals surface area contributed by atoms with Crippen LogP contribution < -0.4 is 9.47 Å². The Morgan fingerprint density at radius 2 is 1.78 bits per heavy atom. The molecule has 6 heteroatoms. The second-order valence-corrected chi connectivity index (χ2v) is 7.30. The summed E-state index contributed by atoms with van der Waals surface area (Å²) in [4.78, 5) is 10.8. The summed E-state index contributed by atoms with van der Waals surface area (Å²) in [7, 11) is 1.55. The summed E-state index contributed by atoms with van der Waals surface area (Å²) in [6.07, 6.45) is 0.526. The molecule has 3 aromatic rings. The predicted octanol–water partition coefficient (Wildman–Crippen LogP) is 5.63. The highest BCUT2D eigenvalue weighted by atomic mass is 19.1. The first-order valence-corrected chi connectivity index (χ1v) is 10.5. The molecule has 0 aliphatic rings. The average Bonchev–Trinajstić information content (AvgIpc) is 2.81. The number of aliphatic carboxylic acids is 1. The lowest BCUT2D eigenvalue weighted by Gasteiger charge is -2.15. The van der Waals surface area contributed by atoms with E-state index in [1.165, 1.54) is 6.07 Å². The molecule has 0 spiro atoms. The van der Waals surface area contributed by atoms with E-state index in [0.29, 0.717) is 43.3 Å². The van der Waals surface area contributed by atoms with Crippen LogP contribution in [0.3, 0.4) is 0 Å². The number of rotatable bonds is 11. The van der Waals surface area contributed by atoms with Gasteiger partial charge in [0.05, 0.1) is 13.7 Å². The first-order chi connectivity index (χ1) is 15.5. The molecule has 5 nitrogen and oxygen atoms in total. The van der Waals surface area contributed by atoms with Crippen LogP contribution in [0.1, 0.15) is 30.0 Å². The molecule has 32 heavy (non-hydrogen) atoms. The van der Waals surface area contributed by atoms with Crippen molar-refractivity contribution in [3.8, 4) is 22.6 Å². The van der Waals surface area contributed by atoms with E-state index >= 15 is 0 Å². The Hall–Kier alpha value is -3.38. The van der Waals surface area contributed by atoms with E-state index in [0.717, 1.165) is 22.3 Å². The van der Waals surface area contributed by atoms with E-state index in [-0.39, 0.29) is 12.2 Å². The molecule has 0 saturated carbocycles. The standard InChI is InChI=1S/C26H27FO5/c1-3-31-17-20-13-19(7-10-23(20)24-15-21(30-2)9-11-25(24)27)16-32-22-6-4-5-18(14-22)8-12-26(28)29/h4-7,9-11,13-15H,3,8,12,16-17H2,1-2H3,(H,28,29). The summed E-state index contributed by atoms with van der Waals surface area (Å²) in [6.45, 7) is 3.13. The maximum Gasteiger partial charge on any atom is 0.303 e. The highest BCUT2D eigenvalue weighted by Gasteiger charge is 2.13. The van der Waals surface area contributed by atoms with Gasteiger partial charge in [-0.1, -0.05) is 24.3 Å². The molecule has 168 valence electrons. The fraction of sp³-hybridized carbons (Fsp3) is 0.269. The van der Waals surface area contributed by atoms with Gasteiger partial charge >= 0.3 is 5.97 Å². The first-order valence-electron chi connectivity index (χ1n) is 10.5. The fourth-order valence-electron chi connectivity index (χ4n) is 3.38. The second-order valence-electron chi connectivity index (χ2n) is 7.30. The van der Waals surface area contributed by atoms with E-state index in [1.807, 2.05) is 49.4 Å². The van der Waals surface area contributed by atoms with Crippen LogP contribution in [-0.4, -0.2) is 24.8 Å². The summed E-state index contributed by atoms with van der Waals surface area (Å²) in [5, 5.41) is 8.86. The van der Waals surface area contributed by atoms with Crippen molar-refractivity contribution in [2.24, 2.45) is 0 Å². The minimum Gasteiger partial charge on any atom is -0.497 e. The number of carboxylic acid groups (broad SMARTS) is 1. The van der Waals surface area contributed by atoms with E-state index in [2.05, 4.69) is 0 Å². The fourth-order valence-corrected chi connectivity index (χ4v) is 3.38. The number of benzene rings is 3. The number of halogens is 1. The molecule has 0 aromatic heterocycles. The van der Waals surface area contributed by atoms with Crippen LogP contribution in [0, 0.1) is 5.82 Å². The van der Waals surface area contributed by atoms with Crippen LogP contribution >= 0.6 is 0 Å². The maximum atomic E-state index is 14.6. The van der Waals surface area contributed by atoms with Crippen molar-refractivity contribution < 1.29 is 28.5 Å². The smallest absolute Gasteiger partial charge is 0.303 e. The van der Waals surface area contributed by atoms with Crippen molar-refractivity contribution in [3.63, 3.8) is 0 Å². The Morgan fingerprint density at radius 3 is 2.53 bits per heavy atom. The summed E-state index contributed by atoms with van der Waals surface area (Å²) in [5.74, 6) is 0.0950. The molecule has 0 amide bonds. The Bertz CT molecular complexity index is 1060. The van der Waals surface area contributed by atoms with Crippen molar-refractivity contribution in [1.29, 1.82) is 0 Å². The molecular weight excluding hydrogens is 411 g/mol. The van der Waals surface area contributed by atoms with Gasteiger partial charge in [-0.2, -0.15) is 0 Å². The van der Waals surface area contributed by atoms with Gasteiger partial charge in [-0.15, -0.1) is 0 Å². The van der Waals surface area contributed by atoms with E-state index in [9.17, 15) is 9.18 Å². The molecule has 0 atom stereocenters. The highest BCUT2D eigenvalue weighted by Crippen LogP contribution is 2.31. The zero-order valence-corrected chi connectivity index (χ0v) is 18.3. The third-order valence-electron chi connectivity index (χ3n) is 5.03. The lowest BCUT2D eigenvalue weighted by Crippen LogP contribution is -2.02. The Kier molecular flexibility index (Phi) is 8.22. The zero-order valence-electron chi connectivity index (χ0n) is 18.3. The Labute approximate surface area is 187 Å². The van der Waals surface area contributed by atoms with E-state index < -0.39 is 5.97 Å². The van der Waals surface area contributed by atoms with Gasteiger partial charge in [-0.25, -0.2) is 4.39 Å². The average molecular weight is 438 g/mol. The number of carboxylic acids is 1. The molecule has 0 saturated heterocycles. The van der Waals surface area contributed by atoms with Gasteiger partial charge in [-0.3, -0.25) is 4.79 Å². The van der Waals surface area contributed by atoms with Gasteiger partial charge in [0.1, 0.15) is 23.9 Å². The quantitative estimate of drug-likeness (QED) is 0.420. The predicted molar refractivity (Wildman–Crippen MR) is 120 cm³/mol. The summed E-state index contributed by atoms with van der Waals surface area (Å²) in [6, 6.07) is 17.8. The van der Waals surface area contributed by atoms with Crippen LogP contribution in [0.25, 0.3) is 11.1 Å². The molecular formula is C26H27FO5. The van der Waals surface area contributed by atoms with Crippen molar-refractivity contribution >= 4 is 5.97 Å². The molecule has 0 unspecified atom stereocenters. The van der Waals surface area contributed by atoms with Gasteiger partial charge in [0.2, 0.25) is 0 Å². The van der Waals surface area contributed by atoms with Gasteiger partial charge < -0.3 is 19.3 Å². The normalized spacial score (nSPS) is 10.7. The zero-order chi connectivity index (χ0) is 22.9. The van der Waals surface area contributed by atoms with Gasteiger partial charge in [-0.05, 0) is 72.0 Å². The van der Waals surface area contributed by atoms with E-state index in [1.54, 1.807) is 19.2 Å². The van der Waals surface area contributed by atoms with E-state index in [4.69, 9.17) is 19.3 Å². The first kappa shape index (κ1) is 23.3. The van der Waals surface area contributed by atoms with Crippen molar-refractivity contribution in [1.82, 2.24) is 0 Å². The molecule has 0 aliphatic carbocycles. The second kappa shape index (κ2) is 11.3. The third kappa shape index (κ3) is 6.31. The third-order valence-corrected chi connectivity index (χ3v) is 5.03. The Morgan fingerprint density at radius 1 is 0.938 bits per heavy atom. The van der Waals surface area contributed by atoms with Crippen LogP contribution in [0.4, 0.5) is 4.39 Å². The summed E-state index contributed by atoms with van der Waals surface area (Å²) >= 11 is 0. The monoisotopic (exact) mass is 438 g/mol. The highest BCUT2D eigenvalue weighted by molar-refractivity contribution is 5.70. The minimum atomic E-state index is -0.828. The molecule has 0 aliphatic heterocycles. The number of methoxy groups -OCH3 is 1. The topological polar surface area (TPSA) is 65.0 Å². The van der Waals surface area contributed by atoms with Crippen LogP contribution in [0.5, 0.6) is 11.5 Å². The maximum absolute atomic E-state index is 14.6. The van der Waals surface area contributed by atoms with Crippen molar-refractivity contribution in [2.75, 3.05) is 13.7 Å². The summed E-state index contributed by atoms with van der Waals surface area (Å²) < 4.78 is 31.3. The molecule has 0 heterocycles. The number of ether oxygens (including phenoxy) is 3. The molecule has 1 N–H and O–H groups in total. The number of hydrogen-bond acceptors (Lipinski definition) is 4. The Balaban J connectivity index is 1.80. The lowest BCUT2D eigenvalue weighted by molar-refractivity contribution is -0.136. The van der Waals surface area contributed by atoms with Crippen molar-refractivity contribution in [2.45, 2.75) is 33.0 Å². The SMILES string of the molecule is CCOCc1cc(COc2cccc(CCC(=O)O)c2)ccc1-c1cc(OC)ccc1F. The molecule has 0 radical (unpaired) electrons. The number of carbonyl (C=O) groups is 1. The van der Waals surface area contributed by atoms with Gasteiger partial charge in [0, 0.05) is 18.6 Å². The molecule has 0 bridgehead atoms. The summed E-state index contributed by atoms with van der Waals surface area (Å²) in [5.41, 5.74) is 3.88. The molecule has 3 aromatic carbocycles. The number of hydrogen-bond donors (Lipinski definition) is 1. The van der Waals surface area contributed by atoms with Crippen molar-refractivity contribution in [3.05, 3.63) is 83.2 Å². The van der Waals surface area contributed by atoms with Gasteiger partial charge in [0.15, 0.2) is 0 Å². The van der Waals surface area contributed by atoms with Crippen LogP contribution in [0.2, 0.25) is 0 Å². The molecule has 3 rings (SSSR count). The lowest BCUT2D eigenvalue weighted by atomic mass is 9.97. The number of aryl methyl sites for hydroxylation is 1. The largest absolute Gasteiger partial charge is 0.497 e. The molecule has 0 fully saturated rings. The van der Waals surface area contributed by atoms with Crippen LogP contribution in [0.15, 0.2) is 60.7 Å².